The van der Waals surface area contributed by atoms with Crippen molar-refractivity contribution in [3.8, 4) is 0 Å². The highest BCUT2D eigenvalue weighted by atomic mass is 31.2. The summed E-state index contributed by atoms with van der Waals surface area (Å²) in [5.74, 6) is -0.325. The van der Waals surface area contributed by atoms with Gasteiger partial charge in [0.2, 0.25) is 0 Å². The van der Waals surface area contributed by atoms with Gasteiger partial charge in [0.15, 0.2) is 8.38 Å². The topological polar surface area (TPSA) is 44.8 Å². The molecule has 0 spiro atoms. The summed E-state index contributed by atoms with van der Waals surface area (Å²) in [4.78, 5) is 11.4. The van der Waals surface area contributed by atoms with Crippen molar-refractivity contribution in [1.29, 1.82) is 0 Å². The molecule has 0 aliphatic carbocycles. The van der Waals surface area contributed by atoms with Gasteiger partial charge in [-0.3, -0.25) is 0 Å². The van der Waals surface area contributed by atoms with Crippen LogP contribution in [0.3, 0.4) is 0 Å². The fraction of sp³-hybridized carbons (Fsp3) is 0.462. The SMILES string of the molecule is CCOP(Cc1cccc(C(=O)OC)c1)OCC. The van der Waals surface area contributed by atoms with Gasteiger partial charge in [0.1, 0.15) is 0 Å². The normalized spacial score (nSPS) is 10.7. The van der Waals surface area contributed by atoms with Crippen LogP contribution in [-0.2, 0) is 19.9 Å². The first-order chi connectivity index (χ1) is 8.71. The van der Waals surface area contributed by atoms with E-state index in [-0.39, 0.29) is 5.97 Å². The molecule has 0 atom stereocenters. The standard InChI is InChI=1S/C13H19O4P/c1-4-16-18(17-5-2)10-11-7-6-8-12(9-11)13(14)15-3/h6-9H,4-5,10H2,1-3H3. The van der Waals surface area contributed by atoms with Gasteiger partial charge in [-0.15, -0.1) is 0 Å². The fourth-order valence-corrected chi connectivity index (χ4v) is 2.81. The average Bonchev–Trinajstić information content (AvgIpc) is 2.39. The molecule has 100 valence electrons. The Labute approximate surface area is 109 Å². The highest BCUT2D eigenvalue weighted by Gasteiger charge is 2.12. The molecule has 0 aliphatic heterocycles. The van der Waals surface area contributed by atoms with Crippen molar-refractivity contribution in [1.82, 2.24) is 0 Å². The summed E-state index contributed by atoms with van der Waals surface area (Å²) >= 11 is 0. The van der Waals surface area contributed by atoms with Crippen molar-refractivity contribution >= 4 is 14.3 Å². The zero-order valence-electron chi connectivity index (χ0n) is 11.0. The Bertz CT molecular complexity index is 375. The highest BCUT2D eigenvalue weighted by molar-refractivity contribution is 7.46. The zero-order valence-corrected chi connectivity index (χ0v) is 11.9. The molecule has 4 nitrogen and oxygen atoms in total. The van der Waals surface area contributed by atoms with Gasteiger partial charge in [-0.25, -0.2) is 4.79 Å². The average molecular weight is 270 g/mol. The fourth-order valence-electron chi connectivity index (χ4n) is 1.48. The number of benzene rings is 1. The van der Waals surface area contributed by atoms with Crippen LogP contribution in [0.4, 0.5) is 0 Å². The molecule has 0 radical (unpaired) electrons. The van der Waals surface area contributed by atoms with E-state index in [1.54, 1.807) is 6.07 Å². The van der Waals surface area contributed by atoms with E-state index in [2.05, 4.69) is 0 Å². The Morgan fingerprint density at radius 2 is 1.89 bits per heavy atom. The summed E-state index contributed by atoms with van der Waals surface area (Å²) in [6.07, 6.45) is 0.682. The Morgan fingerprint density at radius 1 is 1.22 bits per heavy atom. The third kappa shape index (κ3) is 4.73. The van der Waals surface area contributed by atoms with E-state index in [1.807, 2.05) is 32.0 Å². The van der Waals surface area contributed by atoms with Crippen LogP contribution in [0.2, 0.25) is 0 Å². The van der Waals surface area contributed by atoms with Gasteiger partial charge in [-0.05, 0) is 31.5 Å². The molecule has 0 fully saturated rings. The van der Waals surface area contributed by atoms with Gasteiger partial charge in [-0.2, -0.15) is 0 Å². The lowest BCUT2D eigenvalue weighted by molar-refractivity contribution is 0.0600. The predicted molar refractivity (Wildman–Crippen MR) is 71.7 cm³/mol. The zero-order chi connectivity index (χ0) is 13.4. The number of esters is 1. The minimum atomic E-state index is -0.925. The lowest BCUT2D eigenvalue weighted by atomic mass is 10.1. The van der Waals surface area contributed by atoms with Crippen LogP contribution in [0.15, 0.2) is 24.3 Å². The van der Waals surface area contributed by atoms with Gasteiger partial charge in [-0.1, -0.05) is 12.1 Å². The van der Waals surface area contributed by atoms with E-state index in [0.717, 1.165) is 5.56 Å². The van der Waals surface area contributed by atoms with Crippen molar-refractivity contribution in [3.05, 3.63) is 35.4 Å². The van der Waals surface area contributed by atoms with Gasteiger partial charge < -0.3 is 13.8 Å². The van der Waals surface area contributed by atoms with E-state index in [1.165, 1.54) is 7.11 Å². The second-order valence-electron chi connectivity index (χ2n) is 3.52. The first-order valence-electron chi connectivity index (χ1n) is 5.91. The maximum Gasteiger partial charge on any atom is 0.337 e. The predicted octanol–water partition coefficient (Wildman–Crippen LogP) is 3.36. The van der Waals surface area contributed by atoms with Crippen LogP contribution in [0.25, 0.3) is 0 Å². The summed E-state index contributed by atoms with van der Waals surface area (Å²) in [7, 11) is 0.452. The Morgan fingerprint density at radius 3 is 2.44 bits per heavy atom. The Balaban J connectivity index is 2.73. The summed E-state index contributed by atoms with van der Waals surface area (Å²) in [6, 6.07) is 7.35. The third-order valence-corrected chi connectivity index (χ3v) is 3.92. The van der Waals surface area contributed by atoms with Crippen molar-refractivity contribution in [2.24, 2.45) is 0 Å². The highest BCUT2D eigenvalue weighted by Crippen LogP contribution is 2.41. The van der Waals surface area contributed by atoms with Crippen LogP contribution in [-0.4, -0.2) is 26.3 Å². The molecular weight excluding hydrogens is 251 g/mol. The molecule has 18 heavy (non-hydrogen) atoms. The quantitative estimate of drug-likeness (QED) is 0.563. The number of methoxy groups -OCH3 is 1. The molecule has 1 aromatic carbocycles. The monoisotopic (exact) mass is 270 g/mol. The molecule has 0 heterocycles. The smallest absolute Gasteiger partial charge is 0.337 e. The van der Waals surface area contributed by atoms with E-state index >= 15 is 0 Å². The molecule has 0 saturated heterocycles. The maximum atomic E-state index is 11.4. The lowest BCUT2D eigenvalue weighted by Gasteiger charge is -2.15. The molecular formula is C13H19O4P. The minimum absolute atomic E-state index is 0.325. The molecule has 0 amide bonds. The molecule has 0 unspecified atom stereocenters. The van der Waals surface area contributed by atoms with E-state index < -0.39 is 8.38 Å². The van der Waals surface area contributed by atoms with Crippen LogP contribution >= 0.6 is 8.38 Å². The molecule has 0 saturated carbocycles. The molecule has 0 bridgehead atoms. The second-order valence-corrected chi connectivity index (χ2v) is 5.02. The van der Waals surface area contributed by atoms with E-state index in [4.69, 9.17) is 13.8 Å². The number of rotatable bonds is 7. The molecule has 1 aromatic rings. The first-order valence-corrected chi connectivity index (χ1v) is 7.28. The van der Waals surface area contributed by atoms with Crippen molar-refractivity contribution in [3.63, 3.8) is 0 Å². The lowest BCUT2D eigenvalue weighted by Crippen LogP contribution is -2.02. The summed E-state index contributed by atoms with van der Waals surface area (Å²) in [5.41, 5.74) is 1.57. The van der Waals surface area contributed by atoms with E-state index in [9.17, 15) is 4.79 Å². The molecule has 0 aliphatic rings. The number of carbonyl (C=O) groups excluding carboxylic acids is 1. The van der Waals surface area contributed by atoms with Crippen molar-refractivity contribution in [2.45, 2.75) is 20.0 Å². The van der Waals surface area contributed by atoms with Gasteiger partial charge >= 0.3 is 5.97 Å². The van der Waals surface area contributed by atoms with Gasteiger partial charge in [0, 0.05) is 6.16 Å². The summed E-state index contributed by atoms with van der Waals surface area (Å²) < 4.78 is 15.8. The molecule has 0 N–H and O–H groups in total. The number of hydrogen-bond acceptors (Lipinski definition) is 4. The van der Waals surface area contributed by atoms with Crippen LogP contribution in [0.5, 0.6) is 0 Å². The Kier molecular flexibility index (Phi) is 6.88. The molecule has 0 aromatic heterocycles. The number of ether oxygens (including phenoxy) is 1. The Hall–Kier alpha value is -0.960. The maximum absolute atomic E-state index is 11.4. The van der Waals surface area contributed by atoms with Crippen LogP contribution < -0.4 is 0 Å². The van der Waals surface area contributed by atoms with E-state index in [0.29, 0.717) is 24.9 Å². The number of hydrogen-bond donors (Lipinski definition) is 0. The number of carbonyl (C=O) groups is 1. The summed E-state index contributed by atoms with van der Waals surface area (Å²) in [5, 5.41) is 0. The molecule has 5 heteroatoms. The summed E-state index contributed by atoms with van der Waals surface area (Å²) in [6.45, 7) is 5.14. The second kappa shape index (κ2) is 8.20. The first kappa shape index (κ1) is 15.1. The molecule has 1 rings (SSSR count). The van der Waals surface area contributed by atoms with Gasteiger partial charge in [0.25, 0.3) is 0 Å². The van der Waals surface area contributed by atoms with Crippen LogP contribution in [0, 0.1) is 0 Å². The third-order valence-electron chi connectivity index (χ3n) is 2.21. The van der Waals surface area contributed by atoms with Crippen molar-refractivity contribution in [2.75, 3.05) is 20.3 Å². The van der Waals surface area contributed by atoms with Crippen molar-refractivity contribution < 1.29 is 18.6 Å². The largest absolute Gasteiger partial charge is 0.465 e. The minimum Gasteiger partial charge on any atom is -0.465 e. The van der Waals surface area contributed by atoms with Gasteiger partial charge in [0.05, 0.1) is 25.9 Å². The van der Waals surface area contributed by atoms with Crippen LogP contribution in [0.1, 0.15) is 29.8 Å².